The second-order valence-electron chi connectivity index (χ2n) is 5.44. The zero-order chi connectivity index (χ0) is 13.8. The van der Waals surface area contributed by atoms with Gasteiger partial charge in [0.15, 0.2) is 0 Å². The van der Waals surface area contributed by atoms with Crippen molar-refractivity contribution in [2.45, 2.75) is 25.0 Å². The molecule has 3 saturated heterocycles. The van der Waals surface area contributed by atoms with Crippen LogP contribution in [0, 0.1) is 6.20 Å². The van der Waals surface area contributed by atoms with Crippen molar-refractivity contribution in [2.75, 3.05) is 13.1 Å². The Morgan fingerprint density at radius 3 is 2.60 bits per heavy atom. The predicted molar refractivity (Wildman–Crippen MR) is 78.8 cm³/mol. The number of fused-ring (bicyclic) bond motifs is 2. The van der Waals surface area contributed by atoms with Gasteiger partial charge in [-0.2, -0.15) is 0 Å². The van der Waals surface area contributed by atoms with Gasteiger partial charge in [-0.1, -0.05) is 18.2 Å². The van der Waals surface area contributed by atoms with E-state index in [0.29, 0.717) is 12.1 Å². The average molecular weight is 302 g/mol. The maximum absolute atomic E-state index is 3.37. The monoisotopic (exact) mass is 302 g/mol. The molecular weight excluding hydrogens is 283 g/mol. The van der Waals surface area contributed by atoms with Gasteiger partial charge >= 0.3 is 112 Å². The van der Waals surface area contributed by atoms with Crippen molar-refractivity contribution in [1.82, 2.24) is 9.80 Å². The number of hydrogen-bond acceptors (Lipinski definition) is 2. The van der Waals surface area contributed by atoms with Gasteiger partial charge < -0.3 is 0 Å². The standard InChI is InChI=1S/C17H19N2.V/c1-2-3-7-10-18-13-16-11-17(14-18)19(16)12-15-8-5-4-6-9-15;/h1-9,16-17H,11-14H2;/q-1;/b3-2-;. The van der Waals surface area contributed by atoms with Gasteiger partial charge in [0.25, 0.3) is 0 Å². The van der Waals surface area contributed by atoms with Gasteiger partial charge in [0.2, 0.25) is 0 Å². The fourth-order valence-electron chi connectivity index (χ4n) is 3.10. The Hall–Kier alpha value is -1.09. The van der Waals surface area contributed by atoms with E-state index in [0.717, 1.165) is 19.6 Å². The molecule has 4 rings (SSSR count). The predicted octanol–water partition coefficient (Wildman–Crippen LogP) is 2.17. The van der Waals surface area contributed by atoms with Gasteiger partial charge in [-0.3, -0.25) is 0 Å². The molecule has 103 valence electrons. The Morgan fingerprint density at radius 2 is 1.90 bits per heavy atom. The number of nitrogens with zero attached hydrogens (tertiary/aromatic N) is 2. The van der Waals surface area contributed by atoms with Crippen molar-refractivity contribution in [3.63, 3.8) is 0 Å². The molecule has 0 amide bonds. The molecule has 3 heteroatoms. The number of piperazine rings is 1. The molecule has 0 saturated carbocycles. The first-order chi connectivity index (χ1) is 9.86. The molecule has 1 aromatic carbocycles. The molecular formula is C17H19N2V-. The third kappa shape index (κ3) is 3.14. The van der Waals surface area contributed by atoms with Gasteiger partial charge in [-0.15, -0.1) is 0 Å². The fourth-order valence-corrected chi connectivity index (χ4v) is 3.25. The third-order valence-corrected chi connectivity index (χ3v) is 4.37. The Morgan fingerprint density at radius 1 is 1.15 bits per heavy atom. The van der Waals surface area contributed by atoms with E-state index in [1.807, 2.05) is 23.0 Å². The van der Waals surface area contributed by atoms with E-state index in [1.54, 1.807) is 0 Å². The van der Waals surface area contributed by atoms with E-state index in [9.17, 15) is 0 Å². The van der Waals surface area contributed by atoms with Gasteiger partial charge in [0.1, 0.15) is 0 Å². The second-order valence-corrected chi connectivity index (χ2v) is 5.90. The van der Waals surface area contributed by atoms with E-state index in [2.05, 4.69) is 63.3 Å². The Bertz CT molecular complexity index is 497. The number of rotatable bonds is 5. The zero-order valence-electron chi connectivity index (χ0n) is 11.5. The van der Waals surface area contributed by atoms with E-state index in [4.69, 9.17) is 0 Å². The van der Waals surface area contributed by atoms with Crippen LogP contribution in [-0.2, 0) is 23.5 Å². The molecule has 0 aromatic heterocycles. The van der Waals surface area contributed by atoms with Crippen LogP contribution in [0.4, 0.5) is 0 Å². The first kappa shape index (κ1) is 13.9. The zero-order valence-corrected chi connectivity index (χ0v) is 12.9. The quantitative estimate of drug-likeness (QED) is 0.607. The average Bonchev–Trinajstić information content (AvgIpc) is 2.50. The second kappa shape index (κ2) is 6.58. The van der Waals surface area contributed by atoms with Gasteiger partial charge in [-0.25, -0.2) is 0 Å². The van der Waals surface area contributed by atoms with Gasteiger partial charge in [-0.05, 0) is 0 Å². The Balaban J connectivity index is 1.53. The van der Waals surface area contributed by atoms with Crippen molar-refractivity contribution in [2.24, 2.45) is 0 Å². The number of allylic oxidation sites excluding steroid dienone is 3. The van der Waals surface area contributed by atoms with Crippen molar-refractivity contribution >= 4 is 4.73 Å². The van der Waals surface area contributed by atoms with E-state index < -0.39 is 0 Å². The normalized spacial score (nSPS) is 26.1. The van der Waals surface area contributed by atoms with E-state index in [1.165, 1.54) is 12.0 Å². The number of benzene rings is 1. The van der Waals surface area contributed by atoms with Crippen molar-refractivity contribution < 1.29 is 17.0 Å². The first-order valence-electron chi connectivity index (χ1n) is 7.13. The number of piperidine rings is 1. The summed E-state index contributed by atoms with van der Waals surface area (Å²) in [6.45, 7) is 3.31. The molecule has 2 nitrogen and oxygen atoms in total. The summed E-state index contributed by atoms with van der Waals surface area (Å²) in [4.78, 5) is 4.97. The van der Waals surface area contributed by atoms with Crippen LogP contribution >= 0.6 is 0 Å². The van der Waals surface area contributed by atoms with Crippen LogP contribution in [0.25, 0.3) is 0 Å². The minimum Gasteiger partial charge on any atom is -0.0622 e. The van der Waals surface area contributed by atoms with Crippen molar-refractivity contribution in [3.05, 3.63) is 60.3 Å². The molecule has 3 heterocycles. The van der Waals surface area contributed by atoms with Crippen LogP contribution in [0.1, 0.15) is 12.0 Å². The van der Waals surface area contributed by atoms with Crippen LogP contribution in [0.2, 0.25) is 0 Å². The summed E-state index contributed by atoms with van der Waals surface area (Å²) < 4.78 is 1.97. The molecule has 2 bridgehead atoms. The molecule has 3 aliphatic heterocycles. The minimum atomic E-state index is 0.702. The summed E-state index contributed by atoms with van der Waals surface area (Å²) >= 11 is 2.44. The van der Waals surface area contributed by atoms with Crippen molar-refractivity contribution in [3.8, 4) is 0 Å². The first-order valence-corrected chi connectivity index (χ1v) is 7.94. The summed E-state index contributed by atoms with van der Waals surface area (Å²) in [6, 6.07) is 12.2. The van der Waals surface area contributed by atoms with Crippen molar-refractivity contribution in [1.29, 1.82) is 0 Å². The van der Waals surface area contributed by atoms with Crippen LogP contribution in [-0.4, -0.2) is 39.7 Å². The minimum absolute atomic E-state index is 0.702. The van der Waals surface area contributed by atoms with Crippen LogP contribution in [0.3, 0.4) is 0 Å². The third-order valence-electron chi connectivity index (χ3n) is 4.10. The molecule has 1 aromatic rings. The van der Waals surface area contributed by atoms with Crippen LogP contribution in [0.15, 0.2) is 48.6 Å². The summed E-state index contributed by atoms with van der Waals surface area (Å²) in [6.07, 6.45) is 10.8. The SMILES string of the molecule is [V]=[CH]/C=C\C=[C-]N1CC2CC(C1)N2Cc1ccccc1. The summed E-state index contributed by atoms with van der Waals surface area (Å²) in [5.41, 5.74) is 1.43. The van der Waals surface area contributed by atoms with E-state index in [-0.39, 0.29) is 0 Å². The maximum atomic E-state index is 3.37. The molecule has 0 radical (unpaired) electrons. The fraction of sp³-hybridized carbons (Fsp3) is 0.353. The Labute approximate surface area is 130 Å². The molecule has 2 unspecified atom stereocenters. The Kier molecular flexibility index (Phi) is 4.56. The molecule has 3 aliphatic rings. The molecule has 0 spiro atoms. The molecule has 20 heavy (non-hydrogen) atoms. The van der Waals surface area contributed by atoms with Gasteiger partial charge in [0.05, 0.1) is 0 Å². The summed E-state index contributed by atoms with van der Waals surface area (Å²) in [7, 11) is 0. The molecule has 2 atom stereocenters. The molecule has 0 N–H and O–H groups in total. The van der Waals surface area contributed by atoms with E-state index >= 15 is 0 Å². The van der Waals surface area contributed by atoms with Crippen LogP contribution < -0.4 is 0 Å². The smallest absolute Gasteiger partial charge is 0.0622 e. The van der Waals surface area contributed by atoms with Gasteiger partial charge in [0, 0.05) is 0 Å². The van der Waals surface area contributed by atoms with Crippen LogP contribution in [0.5, 0.6) is 0 Å². The topological polar surface area (TPSA) is 6.48 Å². The molecule has 3 fully saturated rings. The number of hydrogen-bond donors (Lipinski definition) is 0. The summed E-state index contributed by atoms with van der Waals surface area (Å²) in [5, 5.41) is 0. The summed E-state index contributed by atoms with van der Waals surface area (Å²) in [5.74, 6) is 0. The molecule has 0 aliphatic carbocycles.